The molecule has 0 spiro atoms. The van der Waals surface area contributed by atoms with Crippen molar-refractivity contribution >= 4 is 0 Å². The van der Waals surface area contributed by atoms with Gasteiger partial charge < -0.3 is 18.9 Å². The number of hydrogen-bond donors (Lipinski definition) is 0. The number of ether oxygens (including phenoxy) is 4. The normalized spacial score (nSPS) is 40.4. The molecule has 17 heavy (non-hydrogen) atoms. The monoisotopic (exact) mass is 245 g/mol. The Hall–Kier alpha value is -0.200. The van der Waals surface area contributed by atoms with E-state index in [1.165, 1.54) is 0 Å². The molecule has 5 heteroatoms. The van der Waals surface area contributed by atoms with Crippen LogP contribution in [0, 0.1) is 0 Å². The van der Waals surface area contributed by atoms with Crippen molar-refractivity contribution in [2.45, 2.75) is 37.9 Å². The Bertz CT molecular complexity index is 239. The first-order valence-electron chi connectivity index (χ1n) is 6.29. The first-order valence-corrected chi connectivity index (χ1v) is 6.29. The van der Waals surface area contributed by atoms with E-state index < -0.39 is 0 Å². The SMILES string of the molecule is CO[C@@H]1CN([C@H]2CCO[C@@H](C)[C@H]2OC)CCO1. The summed E-state index contributed by atoms with van der Waals surface area (Å²) in [5.41, 5.74) is 0. The summed E-state index contributed by atoms with van der Waals surface area (Å²) in [6.45, 7) is 5.36. The summed E-state index contributed by atoms with van der Waals surface area (Å²) < 4.78 is 22.0. The van der Waals surface area contributed by atoms with Crippen LogP contribution < -0.4 is 0 Å². The van der Waals surface area contributed by atoms with Crippen LogP contribution in [-0.4, -0.2) is 70.0 Å². The molecular formula is C12H23NO4. The minimum absolute atomic E-state index is 0.112. The molecule has 0 amide bonds. The molecule has 2 aliphatic rings. The van der Waals surface area contributed by atoms with Crippen LogP contribution in [0.3, 0.4) is 0 Å². The van der Waals surface area contributed by atoms with Gasteiger partial charge >= 0.3 is 0 Å². The Morgan fingerprint density at radius 2 is 1.94 bits per heavy atom. The minimum atomic E-state index is -0.112. The van der Waals surface area contributed by atoms with E-state index >= 15 is 0 Å². The summed E-state index contributed by atoms with van der Waals surface area (Å²) in [4.78, 5) is 2.41. The molecule has 0 bridgehead atoms. The van der Waals surface area contributed by atoms with Crippen molar-refractivity contribution in [3.63, 3.8) is 0 Å². The zero-order valence-corrected chi connectivity index (χ0v) is 10.9. The van der Waals surface area contributed by atoms with Crippen molar-refractivity contribution in [1.82, 2.24) is 4.90 Å². The maximum absolute atomic E-state index is 5.64. The van der Waals surface area contributed by atoms with Crippen molar-refractivity contribution in [2.24, 2.45) is 0 Å². The number of nitrogens with zero attached hydrogens (tertiary/aromatic N) is 1. The molecule has 2 heterocycles. The van der Waals surface area contributed by atoms with E-state index in [1.54, 1.807) is 14.2 Å². The van der Waals surface area contributed by atoms with Crippen molar-refractivity contribution < 1.29 is 18.9 Å². The standard InChI is InChI=1S/C12H23NO4/c1-9-12(15-3)10(4-6-16-9)13-5-7-17-11(8-13)14-2/h9-12H,4-8H2,1-3H3/t9-,10-,11-,12+/m0/s1. The molecule has 0 radical (unpaired) electrons. The second-order valence-corrected chi connectivity index (χ2v) is 4.66. The van der Waals surface area contributed by atoms with Gasteiger partial charge in [-0.15, -0.1) is 0 Å². The molecule has 4 atom stereocenters. The van der Waals surface area contributed by atoms with Gasteiger partial charge in [0.2, 0.25) is 0 Å². The average Bonchev–Trinajstić information content (AvgIpc) is 2.38. The van der Waals surface area contributed by atoms with Crippen molar-refractivity contribution in [2.75, 3.05) is 40.5 Å². The minimum Gasteiger partial charge on any atom is -0.377 e. The predicted molar refractivity (Wildman–Crippen MR) is 62.9 cm³/mol. The van der Waals surface area contributed by atoms with Gasteiger partial charge in [0.25, 0.3) is 0 Å². The predicted octanol–water partition coefficient (Wildman–Crippen LogP) is 0.484. The van der Waals surface area contributed by atoms with Gasteiger partial charge in [0.15, 0.2) is 6.29 Å². The van der Waals surface area contributed by atoms with Gasteiger partial charge in [-0.3, -0.25) is 4.90 Å². The van der Waals surface area contributed by atoms with Crippen LogP contribution >= 0.6 is 0 Å². The zero-order chi connectivity index (χ0) is 12.3. The molecule has 0 saturated carbocycles. The Morgan fingerprint density at radius 3 is 2.65 bits per heavy atom. The van der Waals surface area contributed by atoms with Gasteiger partial charge in [-0.2, -0.15) is 0 Å². The van der Waals surface area contributed by atoms with Crippen LogP contribution in [0.25, 0.3) is 0 Å². The van der Waals surface area contributed by atoms with Gasteiger partial charge in [-0.25, -0.2) is 0 Å². The number of rotatable bonds is 3. The Labute approximate surface area is 103 Å². The maximum Gasteiger partial charge on any atom is 0.169 e. The Morgan fingerprint density at radius 1 is 1.12 bits per heavy atom. The molecule has 5 nitrogen and oxygen atoms in total. The fourth-order valence-electron chi connectivity index (χ4n) is 2.77. The highest BCUT2D eigenvalue weighted by atomic mass is 16.7. The lowest BCUT2D eigenvalue weighted by molar-refractivity contribution is -0.193. The van der Waals surface area contributed by atoms with E-state index in [2.05, 4.69) is 11.8 Å². The molecule has 0 aliphatic carbocycles. The molecule has 0 aromatic rings. The van der Waals surface area contributed by atoms with E-state index in [1.807, 2.05) is 0 Å². The van der Waals surface area contributed by atoms with E-state index in [0.29, 0.717) is 6.04 Å². The molecule has 2 fully saturated rings. The summed E-state index contributed by atoms with van der Waals surface area (Å²) in [6.07, 6.45) is 1.19. The third-order valence-electron chi connectivity index (χ3n) is 3.71. The van der Waals surface area contributed by atoms with Crippen molar-refractivity contribution in [3.05, 3.63) is 0 Å². The molecule has 0 N–H and O–H groups in total. The summed E-state index contributed by atoms with van der Waals surface area (Å²) in [5.74, 6) is 0. The molecule has 0 aromatic carbocycles. The summed E-state index contributed by atoms with van der Waals surface area (Å²) in [6, 6.07) is 0.408. The fraction of sp³-hybridized carbons (Fsp3) is 1.00. The number of morpholine rings is 1. The zero-order valence-electron chi connectivity index (χ0n) is 10.9. The fourth-order valence-corrected chi connectivity index (χ4v) is 2.77. The van der Waals surface area contributed by atoms with Crippen LogP contribution in [0.4, 0.5) is 0 Å². The van der Waals surface area contributed by atoms with Crippen molar-refractivity contribution in [3.8, 4) is 0 Å². The van der Waals surface area contributed by atoms with Crippen molar-refractivity contribution in [1.29, 1.82) is 0 Å². The van der Waals surface area contributed by atoms with Crippen LogP contribution in [0.15, 0.2) is 0 Å². The Kier molecular flexibility index (Phi) is 4.76. The van der Waals surface area contributed by atoms with E-state index in [0.717, 1.165) is 32.7 Å². The smallest absolute Gasteiger partial charge is 0.169 e. The first kappa shape index (κ1) is 13.2. The molecule has 100 valence electrons. The third kappa shape index (κ3) is 2.98. The van der Waals surface area contributed by atoms with E-state index in [9.17, 15) is 0 Å². The highest BCUT2D eigenvalue weighted by molar-refractivity contribution is 4.88. The van der Waals surface area contributed by atoms with Gasteiger partial charge in [-0.05, 0) is 13.3 Å². The van der Waals surface area contributed by atoms with Gasteiger partial charge in [-0.1, -0.05) is 0 Å². The van der Waals surface area contributed by atoms with Gasteiger partial charge in [0, 0.05) is 40.0 Å². The van der Waals surface area contributed by atoms with Crippen LogP contribution in [0.2, 0.25) is 0 Å². The molecule has 2 aliphatic heterocycles. The summed E-state index contributed by atoms with van der Waals surface area (Å²) in [5, 5.41) is 0. The Balaban J connectivity index is 1.98. The quantitative estimate of drug-likeness (QED) is 0.723. The molecule has 2 saturated heterocycles. The topological polar surface area (TPSA) is 40.2 Å². The maximum atomic E-state index is 5.64. The largest absolute Gasteiger partial charge is 0.377 e. The first-order chi connectivity index (χ1) is 8.26. The highest BCUT2D eigenvalue weighted by Crippen LogP contribution is 2.24. The molecule has 0 unspecified atom stereocenters. The lowest BCUT2D eigenvalue weighted by atomic mass is 9.98. The van der Waals surface area contributed by atoms with Crippen LogP contribution in [0.1, 0.15) is 13.3 Å². The summed E-state index contributed by atoms with van der Waals surface area (Å²) in [7, 11) is 3.45. The van der Waals surface area contributed by atoms with Crippen LogP contribution in [0.5, 0.6) is 0 Å². The van der Waals surface area contributed by atoms with Gasteiger partial charge in [0.05, 0.1) is 18.8 Å². The second kappa shape index (κ2) is 6.11. The van der Waals surface area contributed by atoms with E-state index in [-0.39, 0.29) is 18.5 Å². The third-order valence-corrected chi connectivity index (χ3v) is 3.71. The molecular weight excluding hydrogens is 222 g/mol. The summed E-state index contributed by atoms with van der Waals surface area (Å²) >= 11 is 0. The number of methoxy groups -OCH3 is 2. The van der Waals surface area contributed by atoms with E-state index in [4.69, 9.17) is 18.9 Å². The second-order valence-electron chi connectivity index (χ2n) is 4.66. The number of hydrogen-bond acceptors (Lipinski definition) is 5. The molecule has 2 rings (SSSR count). The lowest BCUT2D eigenvalue weighted by Gasteiger charge is -2.44. The lowest BCUT2D eigenvalue weighted by Crippen LogP contribution is -2.57. The highest BCUT2D eigenvalue weighted by Gasteiger charge is 2.37. The average molecular weight is 245 g/mol. The van der Waals surface area contributed by atoms with Gasteiger partial charge in [0.1, 0.15) is 0 Å². The molecule has 0 aromatic heterocycles. The van der Waals surface area contributed by atoms with Crippen LogP contribution in [-0.2, 0) is 18.9 Å².